The van der Waals surface area contributed by atoms with Gasteiger partial charge in [0.1, 0.15) is 17.0 Å². The van der Waals surface area contributed by atoms with Gasteiger partial charge < -0.3 is 15.0 Å². The first-order chi connectivity index (χ1) is 13.4. The van der Waals surface area contributed by atoms with Crippen molar-refractivity contribution in [2.75, 3.05) is 27.2 Å². The number of hydrogen-bond acceptors (Lipinski definition) is 5. The Morgan fingerprint density at radius 3 is 2.43 bits per heavy atom. The highest BCUT2D eigenvalue weighted by Crippen LogP contribution is 2.29. The van der Waals surface area contributed by atoms with E-state index >= 15 is 0 Å². The van der Waals surface area contributed by atoms with E-state index in [0.29, 0.717) is 37.3 Å². The third kappa shape index (κ3) is 2.88. The van der Waals surface area contributed by atoms with Crippen molar-refractivity contribution < 1.29 is 19.1 Å². The number of likely N-dealkylation sites (N-methyl/N-ethyl adjacent to an activating group) is 1. The number of benzene rings is 1. The monoisotopic (exact) mass is 383 g/mol. The van der Waals surface area contributed by atoms with Gasteiger partial charge in [0.15, 0.2) is 0 Å². The van der Waals surface area contributed by atoms with Crippen molar-refractivity contribution in [3.63, 3.8) is 0 Å². The van der Waals surface area contributed by atoms with Crippen LogP contribution in [-0.2, 0) is 4.79 Å². The lowest BCUT2D eigenvalue weighted by atomic mass is 9.87. The Morgan fingerprint density at radius 1 is 1.18 bits per heavy atom. The number of aromatic nitrogens is 2. The zero-order chi connectivity index (χ0) is 19.9. The van der Waals surface area contributed by atoms with Gasteiger partial charge in [-0.25, -0.2) is 4.79 Å². The van der Waals surface area contributed by atoms with Crippen LogP contribution in [-0.4, -0.2) is 70.6 Å². The number of aromatic amines is 1. The van der Waals surface area contributed by atoms with E-state index in [4.69, 9.17) is 4.74 Å². The van der Waals surface area contributed by atoms with Gasteiger partial charge in [-0.15, -0.1) is 0 Å². The number of ether oxygens (including phenoxy) is 1. The number of methoxy groups -OCH3 is 1. The van der Waals surface area contributed by atoms with Crippen LogP contribution in [0.2, 0.25) is 0 Å². The van der Waals surface area contributed by atoms with Crippen LogP contribution in [0.3, 0.4) is 0 Å². The van der Waals surface area contributed by atoms with E-state index in [0.717, 1.165) is 16.2 Å². The molecule has 4 amide bonds. The minimum Gasteiger partial charge on any atom is -0.497 e. The Hall–Kier alpha value is -3.36. The Kier molecular flexibility index (Phi) is 4.29. The summed E-state index contributed by atoms with van der Waals surface area (Å²) in [7, 11) is 3.07. The van der Waals surface area contributed by atoms with E-state index in [1.54, 1.807) is 18.1 Å². The maximum atomic E-state index is 12.8. The summed E-state index contributed by atoms with van der Waals surface area (Å²) in [5.74, 6) is 0.345. The number of likely N-dealkylation sites (tertiary alicyclic amines) is 1. The third-order valence-electron chi connectivity index (χ3n) is 5.46. The summed E-state index contributed by atoms with van der Waals surface area (Å²) in [6.07, 6.45) is 0.792. The van der Waals surface area contributed by atoms with Crippen LogP contribution in [0.15, 0.2) is 30.3 Å². The number of amides is 4. The van der Waals surface area contributed by atoms with Gasteiger partial charge in [0, 0.05) is 25.7 Å². The van der Waals surface area contributed by atoms with E-state index < -0.39 is 5.54 Å². The average Bonchev–Trinajstić information content (AvgIpc) is 3.29. The van der Waals surface area contributed by atoms with Crippen LogP contribution in [0.4, 0.5) is 4.79 Å². The molecule has 2 fully saturated rings. The number of urea groups is 1. The van der Waals surface area contributed by atoms with Crippen molar-refractivity contribution in [1.82, 2.24) is 25.3 Å². The fourth-order valence-corrected chi connectivity index (χ4v) is 3.70. The Labute approximate surface area is 161 Å². The Bertz CT molecular complexity index is 928. The van der Waals surface area contributed by atoms with E-state index in [2.05, 4.69) is 15.5 Å². The van der Waals surface area contributed by atoms with Crippen LogP contribution < -0.4 is 10.1 Å². The number of carbonyl (C=O) groups is 3. The number of nitrogens with one attached hydrogen (secondary N) is 2. The summed E-state index contributed by atoms with van der Waals surface area (Å²) in [5.41, 5.74) is 1.04. The number of H-pyrrole nitrogens is 1. The first-order valence-corrected chi connectivity index (χ1v) is 9.03. The molecule has 4 rings (SSSR count). The van der Waals surface area contributed by atoms with Gasteiger partial charge in [-0.1, -0.05) is 0 Å². The van der Waals surface area contributed by atoms with E-state index in [1.165, 1.54) is 7.05 Å². The van der Waals surface area contributed by atoms with Crippen molar-refractivity contribution in [3.05, 3.63) is 36.0 Å². The topological polar surface area (TPSA) is 108 Å². The molecule has 2 saturated heterocycles. The van der Waals surface area contributed by atoms with Crippen LogP contribution in [0.1, 0.15) is 23.3 Å². The largest absolute Gasteiger partial charge is 0.497 e. The van der Waals surface area contributed by atoms with Crippen molar-refractivity contribution in [2.45, 2.75) is 18.4 Å². The zero-order valence-electron chi connectivity index (χ0n) is 15.7. The molecule has 9 heteroatoms. The van der Waals surface area contributed by atoms with Gasteiger partial charge in [-0.2, -0.15) is 5.10 Å². The van der Waals surface area contributed by atoms with Crippen LogP contribution in [0, 0.1) is 0 Å². The van der Waals surface area contributed by atoms with E-state index in [-0.39, 0.29) is 17.8 Å². The van der Waals surface area contributed by atoms with Crippen LogP contribution in [0.5, 0.6) is 5.75 Å². The number of hydrogen-bond donors (Lipinski definition) is 2. The number of rotatable bonds is 3. The van der Waals surface area contributed by atoms with Gasteiger partial charge in [-0.3, -0.25) is 19.6 Å². The summed E-state index contributed by atoms with van der Waals surface area (Å²) in [6, 6.07) is 8.74. The smallest absolute Gasteiger partial charge is 0.324 e. The van der Waals surface area contributed by atoms with E-state index in [9.17, 15) is 14.4 Å². The van der Waals surface area contributed by atoms with E-state index in [1.807, 2.05) is 24.3 Å². The lowest BCUT2D eigenvalue weighted by Gasteiger charge is -2.36. The average molecular weight is 383 g/mol. The molecular formula is C19H21N5O4. The van der Waals surface area contributed by atoms with Gasteiger partial charge in [0.05, 0.1) is 12.8 Å². The number of carbonyl (C=O) groups excluding carboxylic acids is 3. The molecule has 9 nitrogen and oxygen atoms in total. The number of piperidine rings is 1. The molecule has 0 atom stereocenters. The highest BCUT2D eigenvalue weighted by atomic mass is 16.5. The molecule has 1 aromatic heterocycles. The molecule has 0 saturated carbocycles. The maximum absolute atomic E-state index is 12.8. The second-order valence-electron chi connectivity index (χ2n) is 7.06. The second kappa shape index (κ2) is 6.66. The van der Waals surface area contributed by atoms with Gasteiger partial charge in [0.25, 0.3) is 11.8 Å². The molecule has 146 valence electrons. The van der Waals surface area contributed by atoms with Gasteiger partial charge in [-0.05, 0) is 43.2 Å². The fraction of sp³-hybridized carbons (Fsp3) is 0.368. The molecule has 28 heavy (non-hydrogen) atoms. The number of imide groups is 1. The Balaban J connectivity index is 1.44. The van der Waals surface area contributed by atoms with Gasteiger partial charge in [0.2, 0.25) is 0 Å². The molecule has 0 unspecified atom stereocenters. The predicted molar refractivity (Wildman–Crippen MR) is 99.7 cm³/mol. The quantitative estimate of drug-likeness (QED) is 0.776. The zero-order valence-corrected chi connectivity index (χ0v) is 15.7. The van der Waals surface area contributed by atoms with Crippen molar-refractivity contribution in [1.29, 1.82) is 0 Å². The third-order valence-corrected chi connectivity index (χ3v) is 5.46. The molecule has 0 bridgehead atoms. The molecule has 2 aromatic rings. The minimum absolute atomic E-state index is 0.174. The molecule has 2 aliphatic rings. The molecule has 2 aliphatic heterocycles. The normalized spacial score (nSPS) is 18.5. The Morgan fingerprint density at radius 2 is 1.86 bits per heavy atom. The predicted octanol–water partition coefficient (Wildman–Crippen LogP) is 1.24. The summed E-state index contributed by atoms with van der Waals surface area (Å²) < 4.78 is 5.15. The summed E-state index contributed by atoms with van der Waals surface area (Å²) in [6.45, 7) is 0.769. The maximum Gasteiger partial charge on any atom is 0.324 e. The van der Waals surface area contributed by atoms with Crippen molar-refractivity contribution >= 4 is 17.8 Å². The van der Waals surface area contributed by atoms with Crippen LogP contribution in [0.25, 0.3) is 11.3 Å². The molecule has 1 aromatic carbocycles. The molecular weight excluding hydrogens is 362 g/mol. The number of nitrogens with zero attached hydrogens (tertiary/aromatic N) is 3. The lowest BCUT2D eigenvalue weighted by Crippen LogP contribution is -2.55. The molecule has 1 spiro atoms. The second-order valence-corrected chi connectivity index (χ2v) is 7.06. The standard InChI is InChI=1S/C19H21N5O4/c1-23-17(26)19(20-18(23)27)7-9-24(10-8-19)16(25)15-11-14(21-22-15)12-3-5-13(28-2)6-4-12/h3-6,11H,7-10H2,1-2H3,(H,20,27)(H,21,22). The summed E-state index contributed by atoms with van der Waals surface area (Å²) >= 11 is 0. The van der Waals surface area contributed by atoms with Crippen molar-refractivity contribution in [3.8, 4) is 17.0 Å². The molecule has 2 N–H and O–H groups in total. The van der Waals surface area contributed by atoms with Crippen LogP contribution >= 0.6 is 0 Å². The first kappa shape index (κ1) is 18.0. The fourth-order valence-electron chi connectivity index (χ4n) is 3.70. The van der Waals surface area contributed by atoms with Gasteiger partial charge >= 0.3 is 6.03 Å². The van der Waals surface area contributed by atoms with Crippen molar-refractivity contribution in [2.24, 2.45) is 0 Å². The SMILES string of the molecule is COc1ccc(-c2cc(C(=O)N3CCC4(CC3)NC(=O)N(C)C4=O)[nH]n2)cc1. The summed E-state index contributed by atoms with van der Waals surface area (Å²) in [4.78, 5) is 39.7. The molecule has 0 aliphatic carbocycles. The minimum atomic E-state index is -0.884. The summed E-state index contributed by atoms with van der Waals surface area (Å²) in [5, 5.41) is 9.80. The lowest BCUT2D eigenvalue weighted by molar-refractivity contribution is -0.131. The highest BCUT2D eigenvalue weighted by Gasteiger charge is 2.51. The first-order valence-electron chi connectivity index (χ1n) is 9.03. The molecule has 0 radical (unpaired) electrons. The highest BCUT2D eigenvalue weighted by molar-refractivity contribution is 6.07. The molecule has 3 heterocycles.